The van der Waals surface area contributed by atoms with Gasteiger partial charge in [-0.15, -0.1) is 0 Å². The van der Waals surface area contributed by atoms with Crippen LogP contribution in [-0.4, -0.2) is 0 Å². The van der Waals surface area contributed by atoms with E-state index in [-0.39, 0.29) is 0 Å². The Kier molecular flexibility index (Phi) is 3.16. The van der Waals surface area contributed by atoms with Gasteiger partial charge in [-0.2, -0.15) is 0 Å². The molecule has 0 aliphatic rings. The Morgan fingerprint density at radius 1 is 0.591 bits per heavy atom. The van der Waals surface area contributed by atoms with Crippen LogP contribution in [0.1, 0.15) is 12.5 Å². The molecule has 0 saturated heterocycles. The van der Waals surface area contributed by atoms with E-state index in [1.165, 1.54) is 38.2 Å². The SMILES string of the molecule is CCc1ccc2ccccc2c1-c1cccc2ccccc12. The summed E-state index contributed by atoms with van der Waals surface area (Å²) in [4.78, 5) is 0. The molecule has 0 fully saturated rings. The van der Waals surface area contributed by atoms with Gasteiger partial charge in [-0.05, 0) is 44.7 Å². The van der Waals surface area contributed by atoms with Crippen molar-refractivity contribution < 1.29 is 0 Å². The number of fused-ring (bicyclic) bond motifs is 2. The summed E-state index contributed by atoms with van der Waals surface area (Å²) in [6.45, 7) is 2.23. The molecule has 0 heterocycles. The summed E-state index contributed by atoms with van der Waals surface area (Å²) in [5, 5.41) is 5.28. The minimum Gasteiger partial charge on any atom is -0.0616 e. The van der Waals surface area contributed by atoms with Crippen LogP contribution in [0.15, 0.2) is 78.9 Å². The molecule has 0 bridgehead atoms. The zero-order chi connectivity index (χ0) is 14.9. The molecule has 4 rings (SSSR count). The third-order valence-electron chi connectivity index (χ3n) is 4.46. The fourth-order valence-corrected chi connectivity index (χ4v) is 3.37. The van der Waals surface area contributed by atoms with Gasteiger partial charge < -0.3 is 0 Å². The molecule has 0 radical (unpaired) electrons. The standard InChI is InChI=1S/C22H18/c1-2-16-14-15-18-9-4-6-12-20(18)22(16)21-13-7-10-17-8-3-5-11-19(17)21/h3-15H,2H2,1H3. The summed E-state index contributed by atoms with van der Waals surface area (Å²) in [7, 11) is 0. The molecule has 0 N–H and O–H groups in total. The van der Waals surface area contributed by atoms with Crippen molar-refractivity contribution in [1.82, 2.24) is 0 Å². The van der Waals surface area contributed by atoms with E-state index in [0.29, 0.717) is 0 Å². The van der Waals surface area contributed by atoms with Gasteiger partial charge in [-0.3, -0.25) is 0 Å². The summed E-state index contributed by atoms with van der Waals surface area (Å²) in [5.41, 5.74) is 4.14. The van der Waals surface area contributed by atoms with Crippen molar-refractivity contribution in [3.05, 3.63) is 84.4 Å². The number of rotatable bonds is 2. The van der Waals surface area contributed by atoms with Crippen molar-refractivity contribution in [2.75, 3.05) is 0 Å². The van der Waals surface area contributed by atoms with Crippen LogP contribution in [-0.2, 0) is 6.42 Å². The Labute approximate surface area is 131 Å². The molecule has 0 aliphatic carbocycles. The zero-order valence-corrected chi connectivity index (χ0v) is 12.7. The third kappa shape index (κ3) is 2.00. The topological polar surface area (TPSA) is 0 Å². The van der Waals surface area contributed by atoms with Crippen LogP contribution in [0.2, 0.25) is 0 Å². The van der Waals surface area contributed by atoms with Crippen LogP contribution >= 0.6 is 0 Å². The second-order valence-corrected chi connectivity index (χ2v) is 5.70. The van der Waals surface area contributed by atoms with Crippen LogP contribution in [0.3, 0.4) is 0 Å². The maximum absolute atomic E-state index is 2.28. The molecular formula is C22H18. The first-order valence-electron chi connectivity index (χ1n) is 7.87. The second kappa shape index (κ2) is 5.31. The van der Waals surface area contributed by atoms with Crippen molar-refractivity contribution in [3.63, 3.8) is 0 Å². The fraction of sp³-hybridized carbons (Fsp3) is 0.0909. The van der Waals surface area contributed by atoms with Crippen molar-refractivity contribution in [3.8, 4) is 11.1 Å². The lowest BCUT2D eigenvalue weighted by atomic mass is 9.89. The van der Waals surface area contributed by atoms with E-state index in [2.05, 4.69) is 85.8 Å². The van der Waals surface area contributed by atoms with Gasteiger partial charge in [0, 0.05) is 0 Å². The van der Waals surface area contributed by atoms with Crippen LogP contribution in [0.5, 0.6) is 0 Å². The van der Waals surface area contributed by atoms with Gasteiger partial charge in [0.25, 0.3) is 0 Å². The Morgan fingerprint density at radius 2 is 1.23 bits per heavy atom. The zero-order valence-electron chi connectivity index (χ0n) is 12.7. The molecule has 0 aliphatic heterocycles. The Hall–Kier alpha value is -2.60. The van der Waals surface area contributed by atoms with Crippen molar-refractivity contribution in [2.45, 2.75) is 13.3 Å². The summed E-state index contributed by atoms with van der Waals surface area (Å²) in [5.74, 6) is 0. The number of benzene rings is 4. The van der Waals surface area contributed by atoms with Gasteiger partial charge in [0.1, 0.15) is 0 Å². The highest BCUT2D eigenvalue weighted by atomic mass is 14.1. The molecule has 0 aromatic heterocycles. The molecule has 0 saturated carbocycles. The monoisotopic (exact) mass is 282 g/mol. The van der Waals surface area contributed by atoms with Crippen LogP contribution in [0, 0.1) is 0 Å². The summed E-state index contributed by atoms with van der Waals surface area (Å²) in [6, 6.07) is 28.5. The largest absolute Gasteiger partial charge is 0.0616 e. The lowest BCUT2D eigenvalue weighted by Crippen LogP contribution is -1.91. The van der Waals surface area contributed by atoms with Gasteiger partial charge in [0.2, 0.25) is 0 Å². The summed E-state index contributed by atoms with van der Waals surface area (Å²) in [6.07, 6.45) is 1.05. The molecule has 22 heavy (non-hydrogen) atoms. The van der Waals surface area contributed by atoms with E-state index in [1.54, 1.807) is 0 Å². The number of hydrogen-bond donors (Lipinski definition) is 0. The number of aryl methyl sites for hydroxylation is 1. The predicted molar refractivity (Wildman–Crippen MR) is 96.3 cm³/mol. The van der Waals surface area contributed by atoms with Gasteiger partial charge in [0.15, 0.2) is 0 Å². The Bertz CT molecular complexity index is 958. The first-order chi connectivity index (χ1) is 10.9. The predicted octanol–water partition coefficient (Wildman–Crippen LogP) is 6.22. The molecule has 4 aromatic carbocycles. The first kappa shape index (κ1) is 13.1. The second-order valence-electron chi connectivity index (χ2n) is 5.70. The molecule has 0 atom stereocenters. The molecule has 0 nitrogen and oxygen atoms in total. The third-order valence-corrected chi connectivity index (χ3v) is 4.46. The minimum atomic E-state index is 1.05. The maximum atomic E-state index is 2.28. The van der Waals surface area contributed by atoms with Gasteiger partial charge in [-0.1, -0.05) is 85.8 Å². The molecule has 0 spiro atoms. The lowest BCUT2D eigenvalue weighted by Gasteiger charge is -2.14. The van der Waals surface area contributed by atoms with Crippen molar-refractivity contribution in [2.24, 2.45) is 0 Å². The minimum absolute atomic E-state index is 1.05. The van der Waals surface area contributed by atoms with E-state index in [9.17, 15) is 0 Å². The Morgan fingerprint density at radius 3 is 2.00 bits per heavy atom. The summed E-state index contributed by atoms with van der Waals surface area (Å²) < 4.78 is 0. The summed E-state index contributed by atoms with van der Waals surface area (Å²) >= 11 is 0. The van der Waals surface area contributed by atoms with Crippen molar-refractivity contribution in [1.29, 1.82) is 0 Å². The Balaban J connectivity index is 2.16. The van der Waals surface area contributed by atoms with E-state index in [4.69, 9.17) is 0 Å². The first-order valence-corrected chi connectivity index (χ1v) is 7.87. The van der Waals surface area contributed by atoms with E-state index >= 15 is 0 Å². The van der Waals surface area contributed by atoms with Gasteiger partial charge in [-0.25, -0.2) is 0 Å². The highest BCUT2D eigenvalue weighted by molar-refractivity contribution is 6.06. The average molecular weight is 282 g/mol. The lowest BCUT2D eigenvalue weighted by molar-refractivity contribution is 1.15. The molecule has 106 valence electrons. The van der Waals surface area contributed by atoms with Crippen molar-refractivity contribution >= 4 is 21.5 Å². The smallest absolute Gasteiger partial charge is 0.00672 e. The van der Waals surface area contributed by atoms with E-state index in [0.717, 1.165) is 6.42 Å². The average Bonchev–Trinajstić information content (AvgIpc) is 2.60. The molecule has 4 aromatic rings. The normalized spacial score (nSPS) is 11.1. The van der Waals surface area contributed by atoms with Crippen LogP contribution < -0.4 is 0 Å². The molecule has 0 heteroatoms. The molecule has 0 amide bonds. The highest BCUT2D eigenvalue weighted by Gasteiger charge is 2.11. The fourth-order valence-electron chi connectivity index (χ4n) is 3.37. The van der Waals surface area contributed by atoms with E-state index in [1.807, 2.05) is 0 Å². The quantitative estimate of drug-likeness (QED) is 0.409. The van der Waals surface area contributed by atoms with Gasteiger partial charge >= 0.3 is 0 Å². The van der Waals surface area contributed by atoms with Gasteiger partial charge in [0.05, 0.1) is 0 Å². The van der Waals surface area contributed by atoms with Crippen LogP contribution in [0.25, 0.3) is 32.7 Å². The maximum Gasteiger partial charge on any atom is -0.00672 e. The molecular weight excluding hydrogens is 264 g/mol. The van der Waals surface area contributed by atoms with E-state index < -0.39 is 0 Å². The molecule has 0 unspecified atom stereocenters. The number of hydrogen-bond acceptors (Lipinski definition) is 0. The highest BCUT2D eigenvalue weighted by Crippen LogP contribution is 2.36. The van der Waals surface area contributed by atoms with Crippen LogP contribution in [0.4, 0.5) is 0 Å².